The Morgan fingerprint density at radius 1 is 1.29 bits per heavy atom. The zero-order valence-electron chi connectivity index (χ0n) is 14.2. The van der Waals surface area contributed by atoms with Gasteiger partial charge in [0.1, 0.15) is 0 Å². The number of hydrogen-bond donors (Lipinski definition) is 0. The van der Waals surface area contributed by atoms with Gasteiger partial charge in [-0.3, -0.25) is 4.79 Å². The van der Waals surface area contributed by atoms with E-state index in [0.717, 1.165) is 55.4 Å². The summed E-state index contributed by atoms with van der Waals surface area (Å²) in [6, 6.07) is 7.85. The SMILES string of the molecule is CCCCc1cc[c]cc1N(CC1CCCCC1)C(=O)C(F)(F)F. The second-order valence-electron chi connectivity index (χ2n) is 6.58. The monoisotopic (exact) mass is 340 g/mol. The lowest BCUT2D eigenvalue weighted by atomic mass is 9.88. The van der Waals surface area contributed by atoms with Crippen LogP contribution in [0.15, 0.2) is 18.2 Å². The molecule has 2 nitrogen and oxygen atoms in total. The van der Waals surface area contributed by atoms with Gasteiger partial charge in [0.25, 0.3) is 0 Å². The van der Waals surface area contributed by atoms with Crippen LogP contribution in [0, 0.1) is 12.0 Å². The zero-order valence-corrected chi connectivity index (χ0v) is 14.2. The summed E-state index contributed by atoms with van der Waals surface area (Å²) in [4.78, 5) is 13.0. The molecule has 24 heavy (non-hydrogen) atoms. The van der Waals surface area contributed by atoms with Gasteiger partial charge < -0.3 is 4.90 Å². The first-order chi connectivity index (χ1) is 11.4. The first kappa shape index (κ1) is 18.8. The number of nitrogens with zero attached hydrogens (tertiary/aromatic N) is 1. The molecular weight excluding hydrogens is 315 g/mol. The lowest BCUT2D eigenvalue weighted by Gasteiger charge is -2.31. The van der Waals surface area contributed by atoms with Crippen LogP contribution in [0.4, 0.5) is 18.9 Å². The van der Waals surface area contributed by atoms with E-state index in [1.807, 2.05) is 6.92 Å². The van der Waals surface area contributed by atoms with E-state index in [9.17, 15) is 18.0 Å². The fourth-order valence-electron chi connectivity index (χ4n) is 3.36. The van der Waals surface area contributed by atoms with E-state index >= 15 is 0 Å². The summed E-state index contributed by atoms with van der Waals surface area (Å²) in [5.41, 5.74) is 1.17. The molecule has 0 atom stereocenters. The molecule has 1 aromatic rings. The van der Waals surface area contributed by atoms with Crippen molar-refractivity contribution in [3.63, 3.8) is 0 Å². The van der Waals surface area contributed by atoms with E-state index in [-0.39, 0.29) is 12.5 Å². The third kappa shape index (κ3) is 4.99. The normalized spacial score (nSPS) is 16.2. The molecule has 0 spiro atoms. The predicted octanol–water partition coefficient (Wildman–Crippen LogP) is 5.30. The molecule has 0 bridgehead atoms. The summed E-state index contributed by atoms with van der Waals surface area (Å²) in [7, 11) is 0. The Labute approximate surface area is 142 Å². The second-order valence-corrected chi connectivity index (χ2v) is 6.58. The highest BCUT2D eigenvalue weighted by molar-refractivity contribution is 5.98. The molecule has 0 aliphatic heterocycles. The number of benzene rings is 1. The molecule has 0 N–H and O–H groups in total. The largest absolute Gasteiger partial charge is 0.471 e. The van der Waals surface area contributed by atoms with E-state index in [4.69, 9.17) is 0 Å². The van der Waals surface area contributed by atoms with Gasteiger partial charge >= 0.3 is 12.1 Å². The number of aryl methyl sites for hydroxylation is 1. The van der Waals surface area contributed by atoms with Gasteiger partial charge in [-0.1, -0.05) is 44.7 Å². The van der Waals surface area contributed by atoms with Crippen LogP contribution in [-0.2, 0) is 11.2 Å². The van der Waals surface area contributed by atoms with Crippen molar-refractivity contribution in [1.82, 2.24) is 0 Å². The van der Waals surface area contributed by atoms with Crippen molar-refractivity contribution >= 4 is 11.6 Å². The number of carbonyl (C=O) groups excluding carboxylic acids is 1. The van der Waals surface area contributed by atoms with Crippen LogP contribution in [0.2, 0.25) is 0 Å². The number of rotatable bonds is 6. The number of amides is 1. The molecular formula is C19H25F3NO. The summed E-state index contributed by atoms with van der Waals surface area (Å²) >= 11 is 0. The molecule has 0 unspecified atom stereocenters. The number of halogens is 3. The Balaban J connectivity index is 2.29. The van der Waals surface area contributed by atoms with Gasteiger partial charge in [0, 0.05) is 12.2 Å². The topological polar surface area (TPSA) is 20.3 Å². The predicted molar refractivity (Wildman–Crippen MR) is 88.9 cm³/mol. The molecule has 1 aromatic carbocycles. The maximum Gasteiger partial charge on any atom is 0.471 e. The second kappa shape index (κ2) is 8.54. The van der Waals surface area contributed by atoms with Gasteiger partial charge in [-0.05, 0) is 49.3 Å². The van der Waals surface area contributed by atoms with Crippen LogP contribution in [0.3, 0.4) is 0 Å². The fraction of sp³-hybridized carbons (Fsp3) is 0.632. The van der Waals surface area contributed by atoms with Crippen molar-refractivity contribution in [2.45, 2.75) is 64.5 Å². The Morgan fingerprint density at radius 3 is 2.62 bits per heavy atom. The molecule has 1 aliphatic rings. The number of anilines is 1. The minimum absolute atomic E-state index is 0.143. The maximum absolute atomic E-state index is 13.1. The lowest BCUT2D eigenvalue weighted by molar-refractivity contribution is -0.170. The minimum atomic E-state index is -4.85. The van der Waals surface area contributed by atoms with E-state index in [2.05, 4.69) is 6.07 Å². The summed E-state index contributed by atoms with van der Waals surface area (Å²) in [6.45, 7) is 2.19. The zero-order chi connectivity index (χ0) is 17.6. The van der Waals surface area contributed by atoms with Gasteiger partial charge in [-0.25, -0.2) is 0 Å². The third-order valence-electron chi connectivity index (χ3n) is 4.67. The van der Waals surface area contributed by atoms with Crippen molar-refractivity contribution in [3.05, 3.63) is 29.8 Å². The molecule has 1 fully saturated rings. The molecule has 1 saturated carbocycles. The highest BCUT2D eigenvalue weighted by Gasteiger charge is 2.44. The maximum atomic E-state index is 13.1. The summed E-state index contributed by atoms with van der Waals surface area (Å²) in [6.07, 6.45) is 2.63. The van der Waals surface area contributed by atoms with Crippen LogP contribution >= 0.6 is 0 Å². The van der Waals surface area contributed by atoms with Crippen molar-refractivity contribution in [1.29, 1.82) is 0 Å². The average Bonchev–Trinajstić information content (AvgIpc) is 2.58. The Bertz CT molecular complexity index is 536. The van der Waals surface area contributed by atoms with Crippen LogP contribution in [0.25, 0.3) is 0 Å². The molecule has 0 saturated heterocycles. The van der Waals surface area contributed by atoms with Crippen LogP contribution in [-0.4, -0.2) is 18.6 Å². The van der Waals surface area contributed by atoms with Gasteiger partial charge in [0.05, 0.1) is 0 Å². The van der Waals surface area contributed by atoms with Crippen molar-refractivity contribution in [2.24, 2.45) is 5.92 Å². The summed E-state index contributed by atoms with van der Waals surface area (Å²) < 4.78 is 39.4. The number of unbranched alkanes of at least 4 members (excludes halogenated alkanes) is 1. The molecule has 1 radical (unpaired) electrons. The quantitative estimate of drug-likeness (QED) is 0.688. The van der Waals surface area contributed by atoms with Gasteiger partial charge in [-0.15, -0.1) is 0 Å². The number of carbonyl (C=O) groups is 1. The van der Waals surface area contributed by atoms with E-state index in [0.29, 0.717) is 12.1 Å². The van der Waals surface area contributed by atoms with Crippen molar-refractivity contribution < 1.29 is 18.0 Å². The van der Waals surface area contributed by atoms with E-state index in [1.165, 1.54) is 6.07 Å². The van der Waals surface area contributed by atoms with Crippen LogP contribution in [0.5, 0.6) is 0 Å². The number of hydrogen-bond acceptors (Lipinski definition) is 1. The Hall–Kier alpha value is -1.52. The minimum Gasteiger partial charge on any atom is -0.304 e. The average molecular weight is 340 g/mol. The van der Waals surface area contributed by atoms with E-state index in [1.54, 1.807) is 12.1 Å². The highest BCUT2D eigenvalue weighted by Crippen LogP contribution is 2.31. The fourth-order valence-corrected chi connectivity index (χ4v) is 3.36. The molecule has 5 heteroatoms. The smallest absolute Gasteiger partial charge is 0.304 e. The summed E-state index contributed by atoms with van der Waals surface area (Å²) in [5.74, 6) is -1.62. The first-order valence-corrected chi connectivity index (χ1v) is 8.81. The number of alkyl halides is 3. The van der Waals surface area contributed by atoms with Gasteiger partial charge in [-0.2, -0.15) is 13.2 Å². The molecule has 2 rings (SSSR count). The van der Waals surface area contributed by atoms with Crippen molar-refractivity contribution in [2.75, 3.05) is 11.4 Å². The Morgan fingerprint density at radius 2 is 2.00 bits per heavy atom. The molecule has 0 aromatic heterocycles. The molecule has 133 valence electrons. The standard InChI is InChI=1S/C19H25F3NO/c1-2-3-11-16-12-7-8-13-17(16)23(18(24)19(20,21)22)14-15-9-5-4-6-10-15/h7,12-13,15H,2-6,9-11,14H2,1H3. The molecule has 1 amide bonds. The molecule has 0 heterocycles. The lowest BCUT2D eigenvalue weighted by Crippen LogP contribution is -2.44. The highest BCUT2D eigenvalue weighted by atomic mass is 19.4. The van der Waals surface area contributed by atoms with Crippen LogP contribution < -0.4 is 4.90 Å². The van der Waals surface area contributed by atoms with Crippen LogP contribution in [0.1, 0.15) is 57.4 Å². The third-order valence-corrected chi connectivity index (χ3v) is 4.67. The van der Waals surface area contributed by atoms with Gasteiger partial charge in [0.2, 0.25) is 0 Å². The first-order valence-electron chi connectivity index (χ1n) is 8.81. The van der Waals surface area contributed by atoms with Crippen molar-refractivity contribution in [3.8, 4) is 0 Å². The Kier molecular flexibility index (Phi) is 6.69. The molecule has 1 aliphatic carbocycles. The van der Waals surface area contributed by atoms with Gasteiger partial charge in [0.15, 0.2) is 0 Å². The summed E-state index contributed by atoms with van der Waals surface area (Å²) in [5, 5.41) is 0. The van der Waals surface area contributed by atoms with E-state index < -0.39 is 12.1 Å².